The minimum absolute atomic E-state index is 0.00154. The van der Waals surface area contributed by atoms with Crippen LogP contribution in [0.5, 0.6) is 0 Å². The van der Waals surface area contributed by atoms with Gasteiger partial charge >= 0.3 is 16.4 Å². The molecule has 12 nitrogen and oxygen atoms in total. The van der Waals surface area contributed by atoms with Crippen molar-refractivity contribution in [3.8, 4) is 0 Å². The quantitative estimate of drug-likeness (QED) is 0.0197. The molecule has 0 aromatic rings. The van der Waals surface area contributed by atoms with Crippen LogP contribution >= 0.6 is 0 Å². The highest BCUT2D eigenvalue weighted by molar-refractivity contribution is 7.80. The lowest BCUT2D eigenvalue weighted by Gasteiger charge is -2.41. The molecule has 6 unspecified atom stereocenters. The summed E-state index contributed by atoms with van der Waals surface area (Å²) in [5.41, 5.74) is 0. The molecule has 0 aromatic carbocycles. The van der Waals surface area contributed by atoms with E-state index in [0.717, 1.165) is 96.3 Å². The molecule has 0 radical (unpaired) electrons. The number of esters is 1. The summed E-state index contributed by atoms with van der Waals surface area (Å²) in [7, 11) is -5.08. The van der Waals surface area contributed by atoms with Crippen LogP contribution in [0, 0.1) is 0 Å². The monoisotopic (exact) mass is 973 g/mol. The van der Waals surface area contributed by atoms with Gasteiger partial charge in [0.25, 0.3) is 0 Å². The van der Waals surface area contributed by atoms with E-state index in [4.69, 9.17) is 18.9 Å². The molecule has 0 aromatic heterocycles. The van der Waals surface area contributed by atoms with E-state index >= 15 is 0 Å². The van der Waals surface area contributed by atoms with Crippen LogP contribution in [0.3, 0.4) is 0 Å². The van der Waals surface area contributed by atoms with Gasteiger partial charge in [0.15, 0.2) is 6.29 Å². The number of hydrogen-bond donors (Lipinski definition) is 4. The zero-order chi connectivity index (χ0) is 49.6. The number of carbonyl (C=O) groups excluding carboxylic acids is 1. The summed E-state index contributed by atoms with van der Waals surface area (Å²) in [6, 6.07) is 0. The van der Waals surface area contributed by atoms with Gasteiger partial charge in [-0.05, 0) is 96.3 Å². The first-order chi connectivity index (χ1) is 33.1. The molecule has 0 aliphatic carbocycles. The van der Waals surface area contributed by atoms with Crippen molar-refractivity contribution in [2.24, 2.45) is 0 Å². The van der Waals surface area contributed by atoms with Crippen LogP contribution in [-0.2, 0) is 38.3 Å². The van der Waals surface area contributed by atoms with Crippen LogP contribution in [0.15, 0.2) is 122 Å². The Balaban J connectivity index is 2.44. The van der Waals surface area contributed by atoms with Crippen molar-refractivity contribution >= 4 is 16.4 Å². The summed E-state index contributed by atoms with van der Waals surface area (Å²) in [5.74, 6) is -0.465. The number of aliphatic hydroxyl groups excluding tert-OH is 3. The second-order valence-electron chi connectivity index (χ2n) is 16.6. The predicted octanol–water partition coefficient (Wildman–Crippen LogP) is 11.7. The summed E-state index contributed by atoms with van der Waals surface area (Å²) < 4.78 is 59.2. The van der Waals surface area contributed by atoms with Gasteiger partial charge in [-0.2, -0.15) is 8.42 Å². The van der Waals surface area contributed by atoms with Crippen LogP contribution in [0.4, 0.5) is 0 Å². The fourth-order valence-corrected chi connectivity index (χ4v) is 7.36. The average Bonchev–Trinajstić information content (AvgIpc) is 3.31. The van der Waals surface area contributed by atoms with Gasteiger partial charge in [0.05, 0.1) is 19.8 Å². The van der Waals surface area contributed by atoms with E-state index in [1.54, 1.807) is 0 Å². The Bertz CT molecular complexity index is 1640. The molecule has 1 heterocycles. The van der Waals surface area contributed by atoms with E-state index in [-0.39, 0.29) is 19.6 Å². The molecule has 0 bridgehead atoms. The van der Waals surface area contributed by atoms with Crippen molar-refractivity contribution in [2.45, 2.75) is 192 Å². The van der Waals surface area contributed by atoms with Crippen molar-refractivity contribution in [2.75, 3.05) is 26.4 Å². The smallest absolute Gasteiger partial charge is 0.397 e. The lowest BCUT2D eigenvalue weighted by Crippen LogP contribution is -2.60. The Morgan fingerprint density at radius 3 is 1.41 bits per heavy atom. The van der Waals surface area contributed by atoms with Gasteiger partial charge in [0, 0.05) is 13.0 Å². The summed E-state index contributed by atoms with van der Waals surface area (Å²) in [4.78, 5) is 12.9. The lowest BCUT2D eigenvalue weighted by atomic mass is 9.99. The second kappa shape index (κ2) is 44.7. The van der Waals surface area contributed by atoms with E-state index in [1.165, 1.54) is 25.7 Å². The topological polar surface area (TPSA) is 178 Å². The maximum atomic E-state index is 12.9. The third-order valence-corrected chi connectivity index (χ3v) is 11.0. The predicted molar refractivity (Wildman–Crippen MR) is 275 cm³/mol. The fraction of sp³-hybridized carbons (Fsp3) is 0.618. The molecule has 386 valence electrons. The summed E-state index contributed by atoms with van der Waals surface area (Å²) in [5, 5.41) is 30.8. The summed E-state index contributed by atoms with van der Waals surface area (Å²) >= 11 is 0. The van der Waals surface area contributed by atoms with Crippen molar-refractivity contribution in [3.05, 3.63) is 122 Å². The third-order valence-electron chi connectivity index (χ3n) is 10.6. The molecular formula is C55H88O12S. The zero-order valence-electron chi connectivity index (χ0n) is 41.4. The van der Waals surface area contributed by atoms with Crippen LogP contribution < -0.4 is 0 Å². The van der Waals surface area contributed by atoms with Gasteiger partial charge in [-0.25, -0.2) is 4.18 Å². The molecule has 1 rings (SSSR count). The molecule has 6 atom stereocenters. The van der Waals surface area contributed by atoms with Gasteiger partial charge in [-0.3, -0.25) is 9.35 Å². The molecule has 13 heteroatoms. The normalized spacial score (nSPS) is 20.4. The lowest BCUT2D eigenvalue weighted by molar-refractivity contribution is -0.301. The number of aliphatic hydroxyl groups is 3. The van der Waals surface area contributed by atoms with Gasteiger partial charge in [-0.1, -0.05) is 174 Å². The molecule has 1 fully saturated rings. The molecule has 4 N–H and O–H groups in total. The van der Waals surface area contributed by atoms with E-state index in [0.29, 0.717) is 19.4 Å². The highest BCUT2D eigenvalue weighted by Crippen LogP contribution is 2.26. The van der Waals surface area contributed by atoms with E-state index in [9.17, 15) is 33.1 Å². The summed E-state index contributed by atoms with van der Waals surface area (Å²) in [6.45, 7) is 3.65. The Hall–Kier alpha value is -3.50. The van der Waals surface area contributed by atoms with E-state index in [2.05, 4.69) is 133 Å². The highest BCUT2D eigenvalue weighted by atomic mass is 32.3. The Morgan fingerprint density at radius 1 is 0.559 bits per heavy atom. The molecule has 0 amide bonds. The van der Waals surface area contributed by atoms with Crippen LogP contribution in [0.1, 0.15) is 155 Å². The van der Waals surface area contributed by atoms with Crippen LogP contribution in [-0.4, -0.2) is 97.5 Å². The largest absolute Gasteiger partial charge is 0.457 e. The van der Waals surface area contributed by atoms with E-state index < -0.39 is 59.8 Å². The highest BCUT2D eigenvalue weighted by Gasteiger charge is 2.48. The molecule has 68 heavy (non-hydrogen) atoms. The van der Waals surface area contributed by atoms with Gasteiger partial charge < -0.3 is 34.3 Å². The number of allylic oxidation sites excluding steroid dienone is 20. The zero-order valence-corrected chi connectivity index (χ0v) is 42.2. The number of carbonyl (C=O) groups is 1. The molecule has 0 spiro atoms. The first-order valence-corrected chi connectivity index (χ1v) is 26.7. The maximum Gasteiger partial charge on any atom is 0.397 e. The van der Waals surface area contributed by atoms with E-state index in [1.807, 2.05) is 6.08 Å². The number of hydrogen-bond acceptors (Lipinski definition) is 11. The molecule has 0 saturated carbocycles. The summed E-state index contributed by atoms with van der Waals surface area (Å²) in [6.07, 6.45) is 55.2. The average molecular weight is 973 g/mol. The van der Waals surface area contributed by atoms with Crippen molar-refractivity contribution in [1.82, 2.24) is 0 Å². The third kappa shape index (κ3) is 37.4. The Kier molecular flexibility index (Phi) is 41.1. The number of unbranched alkanes of at least 4 members (excludes halogenated alkanes) is 9. The Morgan fingerprint density at radius 2 is 0.971 bits per heavy atom. The van der Waals surface area contributed by atoms with Gasteiger partial charge in [-0.15, -0.1) is 0 Å². The minimum atomic E-state index is -5.08. The number of rotatable bonds is 42. The molecule has 1 saturated heterocycles. The first kappa shape index (κ1) is 62.5. The number of ether oxygens (including phenoxy) is 4. The van der Waals surface area contributed by atoms with Crippen molar-refractivity contribution < 1.29 is 56.2 Å². The van der Waals surface area contributed by atoms with Crippen LogP contribution in [0.25, 0.3) is 0 Å². The first-order valence-electron chi connectivity index (χ1n) is 25.3. The van der Waals surface area contributed by atoms with Crippen molar-refractivity contribution in [3.63, 3.8) is 0 Å². The molecular weight excluding hydrogens is 885 g/mol. The minimum Gasteiger partial charge on any atom is -0.457 e. The standard InChI is InChI=1S/C55H88O12S/c1-3-5-7-9-11-13-15-17-19-21-23-24-25-26-27-28-30-32-34-36-38-40-42-44-51(57)65-49(48-64-55-53(59)54(67-68(60,61)62)52(58)50(46-56)66-55)47-63-45-43-41-39-37-35-33-31-29-22-20-18-16-14-12-10-8-6-4-2/h5-8,11-14,17-20,23-24,26-27,30,32,36,38,49-50,52-56,58-59H,3-4,9-10,15-16,21-22,25,28-29,31,33-35,37,39-48H2,1-2H3,(H,60,61,62)/b7-5-,8-6-,13-11-,14-12-,19-17-,20-18-,24-23-,27-26-,32-30-,38-36-. The molecule has 1 aliphatic heterocycles. The maximum absolute atomic E-state index is 12.9. The van der Waals surface area contributed by atoms with Crippen LogP contribution in [0.2, 0.25) is 0 Å². The molecule has 1 aliphatic rings. The SMILES string of the molecule is CC/C=C\C/C=C\C/C=C\C/C=C\C/C=C\C/C=C\C/C=C\CCCC(=O)OC(COCCCCCCCCCC/C=C\C/C=C\C/C=C\CC)COC1OC(CO)C(O)C(OS(=O)(=O)O)C1O. The van der Waals surface area contributed by atoms with Gasteiger partial charge in [0.1, 0.15) is 30.5 Å². The van der Waals surface area contributed by atoms with Gasteiger partial charge in [0.2, 0.25) is 0 Å². The second-order valence-corrected chi connectivity index (χ2v) is 17.7. The Labute approximate surface area is 410 Å². The fourth-order valence-electron chi connectivity index (χ4n) is 6.85. The van der Waals surface area contributed by atoms with Crippen molar-refractivity contribution in [1.29, 1.82) is 0 Å².